The van der Waals surface area contributed by atoms with Crippen molar-refractivity contribution in [2.75, 3.05) is 27.2 Å². The fraction of sp³-hybridized carbons (Fsp3) is 0.600. The van der Waals surface area contributed by atoms with E-state index < -0.39 is 0 Å². The number of hydrogen-bond acceptors (Lipinski definition) is 4. The minimum absolute atomic E-state index is 0.00598. The molecule has 1 aromatic carbocycles. The highest BCUT2D eigenvalue weighted by Gasteiger charge is 2.20. The van der Waals surface area contributed by atoms with Crippen molar-refractivity contribution in [1.82, 2.24) is 10.2 Å². The third-order valence-corrected chi connectivity index (χ3v) is 3.11. The summed E-state index contributed by atoms with van der Waals surface area (Å²) in [7, 11) is 4.12. The van der Waals surface area contributed by atoms with Crippen molar-refractivity contribution < 1.29 is 10.2 Å². The molecule has 1 rings (SSSR count). The van der Waals surface area contributed by atoms with E-state index in [2.05, 4.69) is 38.2 Å². The van der Waals surface area contributed by atoms with E-state index in [1.807, 2.05) is 6.92 Å². The number of phenols is 2. The first-order chi connectivity index (χ1) is 8.71. The molecule has 0 bridgehead atoms. The van der Waals surface area contributed by atoms with Crippen molar-refractivity contribution in [2.24, 2.45) is 5.41 Å². The van der Waals surface area contributed by atoms with Gasteiger partial charge in [0.2, 0.25) is 0 Å². The van der Waals surface area contributed by atoms with Crippen LogP contribution in [0.1, 0.15) is 32.4 Å². The highest BCUT2D eigenvalue weighted by atomic mass is 16.3. The molecule has 0 spiro atoms. The van der Waals surface area contributed by atoms with Gasteiger partial charge in [-0.1, -0.05) is 13.8 Å². The third-order valence-electron chi connectivity index (χ3n) is 3.11. The van der Waals surface area contributed by atoms with Crippen molar-refractivity contribution in [3.05, 3.63) is 23.8 Å². The van der Waals surface area contributed by atoms with Gasteiger partial charge >= 0.3 is 0 Å². The Morgan fingerprint density at radius 3 is 2.47 bits per heavy atom. The average Bonchev–Trinajstić information content (AvgIpc) is 2.27. The summed E-state index contributed by atoms with van der Waals surface area (Å²) < 4.78 is 0. The maximum Gasteiger partial charge on any atom is 0.120 e. The Kier molecular flexibility index (Phi) is 5.20. The van der Waals surface area contributed by atoms with Gasteiger partial charge in [-0.15, -0.1) is 0 Å². The summed E-state index contributed by atoms with van der Waals surface area (Å²) in [4.78, 5) is 2.16. The highest BCUT2D eigenvalue weighted by Crippen LogP contribution is 2.28. The molecule has 0 aromatic heterocycles. The van der Waals surface area contributed by atoms with Gasteiger partial charge in [-0.05, 0) is 44.6 Å². The zero-order valence-electron chi connectivity index (χ0n) is 12.6. The van der Waals surface area contributed by atoms with Crippen LogP contribution in [-0.2, 0) is 0 Å². The molecule has 4 heteroatoms. The lowest BCUT2D eigenvalue weighted by Gasteiger charge is -2.30. The fourth-order valence-corrected chi connectivity index (χ4v) is 2.34. The molecule has 0 saturated carbocycles. The smallest absolute Gasteiger partial charge is 0.120 e. The first-order valence-corrected chi connectivity index (χ1v) is 6.61. The fourth-order valence-electron chi connectivity index (χ4n) is 2.34. The number of nitrogens with one attached hydrogen (secondary N) is 1. The predicted molar refractivity (Wildman–Crippen MR) is 78.5 cm³/mol. The Morgan fingerprint density at radius 2 is 1.89 bits per heavy atom. The molecule has 0 radical (unpaired) electrons. The van der Waals surface area contributed by atoms with Crippen LogP contribution in [0, 0.1) is 5.41 Å². The minimum atomic E-state index is -0.00598. The molecule has 4 nitrogen and oxygen atoms in total. The summed E-state index contributed by atoms with van der Waals surface area (Å²) >= 11 is 0. The van der Waals surface area contributed by atoms with E-state index in [0.29, 0.717) is 0 Å². The number of hydrogen-bond donors (Lipinski definition) is 3. The SMILES string of the molecule is CC(NCC(C)(C)CN(C)C)c1cc(O)ccc1O. The van der Waals surface area contributed by atoms with Crippen LogP contribution in [0.5, 0.6) is 11.5 Å². The van der Waals surface area contributed by atoms with Gasteiger partial charge in [0, 0.05) is 24.7 Å². The highest BCUT2D eigenvalue weighted by molar-refractivity contribution is 5.40. The molecule has 0 aliphatic rings. The summed E-state index contributed by atoms with van der Waals surface area (Å²) in [6.07, 6.45) is 0. The summed E-state index contributed by atoms with van der Waals surface area (Å²) in [5, 5.41) is 22.7. The molecule has 0 heterocycles. The summed E-state index contributed by atoms with van der Waals surface area (Å²) in [6, 6.07) is 4.61. The second-order valence-electron chi connectivity index (χ2n) is 6.25. The van der Waals surface area contributed by atoms with Gasteiger partial charge in [0.05, 0.1) is 0 Å². The molecular weight excluding hydrogens is 240 g/mol. The Balaban J connectivity index is 2.65. The van der Waals surface area contributed by atoms with Gasteiger partial charge in [-0.25, -0.2) is 0 Å². The van der Waals surface area contributed by atoms with Gasteiger partial charge in [0.25, 0.3) is 0 Å². The van der Waals surface area contributed by atoms with Gasteiger partial charge < -0.3 is 20.4 Å². The second-order valence-corrected chi connectivity index (χ2v) is 6.25. The van der Waals surface area contributed by atoms with E-state index in [1.54, 1.807) is 6.07 Å². The Hall–Kier alpha value is -1.26. The monoisotopic (exact) mass is 266 g/mol. The van der Waals surface area contributed by atoms with Gasteiger partial charge in [-0.2, -0.15) is 0 Å². The first kappa shape index (κ1) is 15.8. The summed E-state index contributed by atoms with van der Waals surface area (Å²) in [5.74, 6) is 0.386. The molecule has 0 aliphatic carbocycles. The van der Waals surface area contributed by atoms with E-state index in [9.17, 15) is 10.2 Å². The van der Waals surface area contributed by atoms with Crippen LogP contribution in [0.3, 0.4) is 0 Å². The number of benzene rings is 1. The lowest BCUT2D eigenvalue weighted by molar-refractivity contribution is 0.226. The molecule has 1 unspecified atom stereocenters. The van der Waals surface area contributed by atoms with Crippen LogP contribution >= 0.6 is 0 Å². The Morgan fingerprint density at radius 1 is 1.26 bits per heavy atom. The lowest BCUT2D eigenvalue weighted by atomic mass is 9.92. The number of phenolic OH excluding ortho intramolecular Hbond substituents is 2. The van der Waals surface area contributed by atoms with Crippen molar-refractivity contribution in [3.8, 4) is 11.5 Å². The van der Waals surface area contributed by atoms with Crippen molar-refractivity contribution in [1.29, 1.82) is 0 Å². The minimum Gasteiger partial charge on any atom is -0.508 e. The largest absolute Gasteiger partial charge is 0.508 e. The van der Waals surface area contributed by atoms with Gasteiger partial charge in [0.15, 0.2) is 0 Å². The average molecular weight is 266 g/mol. The van der Waals surface area contributed by atoms with E-state index in [0.717, 1.165) is 18.7 Å². The van der Waals surface area contributed by atoms with E-state index in [4.69, 9.17) is 0 Å². The molecule has 0 saturated heterocycles. The molecule has 19 heavy (non-hydrogen) atoms. The molecule has 0 aliphatic heterocycles. The van der Waals surface area contributed by atoms with E-state index in [-0.39, 0.29) is 23.0 Å². The molecular formula is C15H26N2O2. The second kappa shape index (κ2) is 6.26. The van der Waals surface area contributed by atoms with E-state index >= 15 is 0 Å². The third kappa shape index (κ3) is 5.09. The van der Waals surface area contributed by atoms with Gasteiger partial charge in [0.1, 0.15) is 11.5 Å². The quantitative estimate of drug-likeness (QED) is 0.692. The summed E-state index contributed by atoms with van der Waals surface area (Å²) in [6.45, 7) is 8.21. The molecule has 1 atom stereocenters. The van der Waals surface area contributed by atoms with Crippen LogP contribution in [-0.4, -0.2) is 42.3 Å². The van der Waals surface area contributed by atoms with E-state index in [1.165, 1.54) is 12.1 Å². The molecule has 3 N–H and O–H groups in total. The molecule has 1 aromatic rings. The molecule has 108 valence electrons. The number of rotatable bonds is 6. The number of aromatic hydroxyl groups is 2. The number of nitrogens with zero attached hydrogens (tertiary/aromatic N) is 1. The maximum absolute atomic E-state index is 9.82. The molecule has 0 amide bonds. The van der Waals surface area contributed by atoms with Crippen molar-refractivity contribution >= 4 is 0 Å². The first-order valence-electron chi connectivity index (χ1n) is 6.61. The van der Waals surface area contributed by atoms with Crippen LogP contribution in [0.25, 0.3) is 0 Å². The Bertz CT molecular complexity index is 417. The molecule has 0 fully saturated rings. The van der Waals surface area contributed by atoms with Crippen LogP contribution in [0.4, 0.5) is 0 Å². The van der Waals surface area contributed by atoms with Crippen LogP contribution < -0.4 is 5.32 Å². The van der Waals surface area contributed by atoms with Crippen molar-refractivity contribution in [2.45, 2.75) is 26.8 Å². The van der Waals surface area contributed by atoms with Crippen LogP contribution in [0.2, 0.25) is 0 Å². The Labute approximate surface area is 116 Å². The zero-order chi connectivity index (χ0) is 14.6. The predicted octanol–water partition coefficient (Wildman–Crippen LogP) is 2.34. The lowest BCUT2D eigenvalue weighted by Crippen LogP contribution is -2.38. The topological polar surface area (TPSA) is 55.7 Å². The zero-order valence-corrected chi connectivity index (χ0v) is 12.6. The maximum atomic E-state index is 9.82. The van der Waals surface area contributed by atoms with Crippen LogP contribution in [0.15, 0.2) is 18.2 Å². The van der Waals surface area contributed by atoms with Crippen molar-refractivity contribution in [3.63, 3.8) is 0 Å². The normalized spacial score (nSPS) is 13.8. The standard InChI is InChI=1S/C15H26N2O2/c1-11(13-8-12(18)6-7-14(13)19)16-9-15(2,3)10-17(4)5/h6-8,11,16,18-19H,9-10H2,1-5H3. The summed E-state index contributed by atoms with van der Waals surface area (Å²) in [5.41, 5.74) is 0.866. The van der Waals surface area contributed by atoms with Gasteiger partial charge in [-0.3, -0.25) is 0 Å².